The van der Waals surface area contributed by atoms with E-state index in [9.17, 15) is 5.11 Å². The number of hydrogen-bond acceptors (Lipinski definition) is 2. The van der Waals surface area contributed by atoms with E-state index in [2.05, 4.69) is 25.9 Å². The minimum absolute atomic E-state index is 0.0341. The summed E-state index contributed by atoms with van der Waals surface area (Å²) in [6.45, 7) is 11.8. The van der Waals surface area contributed by atoms with Crippen LogP contribution >= 0.6 is 0 Å². The summed E-state index contributed by atoms with van der Waals surface area (Å²) in [4.78, 5) is 0. The molecule has 1 rings (SSSR count). The SMILES string of the molecule is Cc1cc(C(C)(C)O)nn1C(C)(C)C. The van der Waals surface area contributed by atoms with E-state index in [0.717, 1.165) is 11.4 Å². The van der Waals surface area contributed by atoms with E-state index in [1.54, 1.807) is 13.8 Å². The number of aromatic nitrogens is 2. The second-order valence-electron chi connectivity index (χ2n) is 5.31. The van der Waals surface area contributed by atoms with Crippen LogP contribution in [0.15, 0.2) is 6.07 Å². The van der Waals surface area contributed by atoms with Crippen LogP contribution in [0.3, 0.4) is 0 Å². The summed E-state index contributed by atoms with van der Waals surface area (Å²) in [7, 11) is 0. The molecule has 1 heterocycles. The molecule has 0 spiro atoms. The number of hydrogen-bond donors (Lipinski definition) is 1. The van der Waals surface area contributed by atoms with E-state index in [1.165, 1.54) is 0 Å². The highest BCUT2D eigenvalue weighted by molar-refractivity contribution is 5.15. The maximum atomic E-state index is 9.82. The lowest BCUT2D eigenvalue weighted by Crippen LogP contribution is -2.25. The molecule has 80 valence electrons. The van der Waals surface area contributed by atoms with Gasteiger partial charge in [0.25, 0.3) is 0 Å². The van der Waals surface area contributed by atoms with Gasteiger partial charge in [0.1, 0.15) is 5.60 Å². The van der Waals surface area contributed by atoms with E-state index < -0.39 is 5.60 Å². The van der Waals surface area contributed by atoms with E-state index in [4.69, 9.17) is 0 Å². The molecule has 0 bridgehead atoms. The molecule has 1 N–H and O–H groups in total. The molecule has 0 aliphatic carbocycles. The topological polar surface area (TPSA) is 38.1 Å². The van der Waals surface area contributed by atoms with Gasteiger partial charge in [-0.05, 0) is 47.6 Å². The Morgan fingerprint density at radius 2 is 1.71 bits per heavy atom. The van der Waals surface area contributed by atoms with Crippen LogP contribution in [0.4, 0.5) is 0 Å². The second-order valence-corrected chi connectivity index (χ2v) is 5.31. The molecule has 0 unspecified atom stereocenters. The molecule has 3 nitrogen and oxygen atoms in total. The Balaban J connectivity index is 3.19. The lowest BCUT2D eigenvalue weighted by atomic mass is 10.1. The highest BCUT2D eigenvalue weighted by Gasteiger charge is 2.24. The van der Waals surface area contributed by atoms with Crippen LogP contribution < -0.4 is 0 Å². The van der Waals surface area contributed by atoms with Crippen molar-refractivity contribution in [3.8, 4) is 0 Å². The van der Waals surface area contributed by atoms with Gasteiger partial charge < -0.3 is 5.11 Å². The summed E-state index contributed by atoms with van der Waals surface area (Å²) in [5.74, 6) is 0. The Morgan fingerprint density at radius 1 is 1.21 bits per heavy atom. The molecule has 0 amide bonds. The fourth-order valence-corrected chi connectivity index (χ4v) is 1.45. The molecule has 14 heavy (non-hydrogen) atoms. The molecular formula is C11H20N2O. The molecule has 0 radical (unpaired) electrons. The molecule has 1 aromatic rings. The van der Waals surface area contributed by atoms with E-state index in [-0.39, 0.29) is 5.54 Å². The van der Waals surface area contributed by atoms with Gasteiger partial charge in [0.15, 0.2) is 0 Å². The molecule has 0 saturated carbocycles. The van der Waals surface area contributed by atoms with Crippen molar-refractivity contribution in [3.05, 3.63) is 17.5 Å². The van der Waals surface area contributed by atoms with Crippen molar-refractivity contribution in [3.63, 3.8) is 0 Å². The zero-order valence-electron chi connectivity index (χ0n) is 9.92. The van der Waals surface area contributed by atoms with Crippen molar-refractivity contribution in [1.82, 2.24) is 9.78 Å². The Labute approximate surface area is 85.8 Å². The summed E-state index contributed by atoms with van der Waals surface area (Å²) in [5, 5.41) is 14.2. The van der Waals surface area contributed by atoms with Gasteiger partial charge in [-0.2, -0.15) is 5.10 Å². The first-order valence-corrected chi connectivity index (χ1v) is 4.92. The van der Waals surface area contributed by atoms with Crippen molar-refractivity contribution in [2.24, 2.45) is 0 Å². The van der Waals surface area contributed by atoms with Gasteiger partial charge in [0, 0.05) is 5.69 Å². The van der Waals surface area contributed by atoms with Crippen molar-refractivity contribution in [1.29, 1.82) is 0 Å². The van der Waals surface area contributed by atoms with Gasteiger partial charge >= 0.3 is 0 Å². The molecule has 0 aliphatic heterocycles. The van der Waals surface area contributed by atoms with Gasteiger partial charge in [0.2, 0.25) is 0 Å². The number of aryl methyl sites for hydroxylation is 1. The zero-order chi connectivity index (χ0) is 11.1. The molecule has 3 heteroatoms. The largest absolute Gasteiger partial charge is 0.384 e. The van der Waals surface area contributed by atoms with Crippen LogP contribution in [-0.2, 0) is 11.1 Å². The van der Waals surface area contributed by atoms with Crippen LogP contribution in [0.1, 0.15) is 46.0 Å². The molecule has 0 fully saturated rings. The monoisotopic (exact) mass is 196 g/mol. The van der Waals surface area contributed by atoms with Crippen molar-refractivity contribution in [2.75, 3.05) is 0 Å². The van der Waals surface area contributed by atoms with E-state index in [0.29, 0.717) is 0 Å². The van der Waals surface area contributed by atoms with Crippen molar-refractivity contribution < 1.29 is 5.11 Å². The third kappa shape index (κ3) is 2.15. The predicted octanol–water partition coefficient (Wildman–Crippen LogP) is 2.17. The fraction of sp³-hybridized carbons (Fsp3) is 0.727. The van der Waals surface area contributed by atoms with Crippen molar-refractivity contribution >= 4 is 0 Å². The Morgan fingerprint density at radius 3 is 1.93 bits per heavy atom. The zero-order valence-corrected chi connectivity index (χ0v) is 9.92. The van der Waals surface area contributed by atoms with E-state index >= 15 is 0 Å². The second kappa shape index (κ2) is 3.09. The smallest absolute Gasteiger partial charge is 0.103 e. The number of nitrogens with zero attached hydrogens (tertiary/aromatic N) is 2. The van der Waals surface area contributed by atoms with Gasteiger partial charge in [-0.3, -0.25) is 4.68 Å². The Kier molecular flexibility index (Phi) is 2.48. The highest BCUT2D eigenvalue weighted by Crippen LogP contribution is 2.23. The fourth-order valence-electron chi connectivity index (χ4n) is 1.45. The lowest BCUT2D eigenvalue weighted by molar-refractivity contribution is 0.0723. The van der Waals surface area contributed by atoms with Gasteiger partial charge in [-0.1, -0.05) is 0 Å². The molecule has 1 aromatic heterocycles. The van der Waals surface area contributed by atoms with Crippen LogP contribution in [0.2, 0.25) is 0 Å². The van der Waals surface area contributed by atoms with Gasteiger partial charge in [-0.15, -0.1) is 0 Å². The third-order valence-corrected chi connectivity index (χ3v) is 2.15. The first-order valence-electron chi connectivity index (χ1n) is 4.92. The average molecular weight is 196 g/mol. The number of rotatable bonds is 1. The molecular weight excluding hydrogens is 176 g/mol. The normalized spacial score (nSPS) is 13.4. The maximum Gasteiger partial charge on any atom is 0.103 e. The molecule has 0 saturated heterocycles. The van der Waals surface area contributed by atoms with Crippen LogP contribution in [-0.4, -0.2) is 14.9 Å². The van der Waals surface area contributed by atoms with Crippen LogP contribution in [0.25, 0.3) is 0 Å². The Hall–Kier alpha value is -0.830. The first-order chi connectivity index (χ1) is 6.12. The summed E-state index contributed by atoms with van der Waals surface area (Å²) in [5.41, 5.74) is 0.911. The van der Waals surface area contributed by atoms with Gasteiger partial charge in [-0.25, -0.2) is 0 Å². The van der Waals surface area contributed by atoms with E-state index in [1.807, 2.05) is 17.7 Å². The molecule has 0 aliphatic rings. The maximum absolute atomic E-state index is 9.82. The number of aliphatic hydroxyl groups is 1. The standard InChI is InChI=1S/C11H20N2O/c1-8-7-9(11(5,6)14)12-13(8)10(2,3)4/h7,14H,1-6H3. The minimum atomic E-state index is -0.860. The predicted molar refractivity (Wildman–Crippen MR) is 57.2 cm³/mol. The third-order valence-electron chi connectivity index (χ3n) is 2.15. The Bertz CT molecular complexity index is 326. The summed E-state index contributed by atoms with van der Waals surface area (Å²) < 4.78 is 1.94. The summed E-state index contributed by atoms with van der Waals surface area (Å²) in [6.07, 6.45) is 0. The average Bonchev–Trinajstić information content (AvgIpc) is 2.27. The van der Waals surface area contributed by atoms with Crippen LogP contribution in [0.5, 0.6) is 0 Å². The first kappa shape index (κ1) is 11.2. The minimum Gasteiger partial charge on any atom is -0.384 e. The lowest BCUT2D eigenvalue weighted by Gasteiger charge is -2.21. The molecule has 0 atom stereocenters. The van der Waals surface area contributed by atoms with Gasteiger partial charge in [0.05, 0.1) is 11.2 Å². The summed E-state index contributed by atoms with van der Waals surface area (Å²) >= 11 is 0. The summed E-state index contributed by atoms with van der Waals surface area (Å²) in [6, 6.07) is 1.94. The molecule has 0 aromatic carbocycles. The quantitative estimate of drug-likeness (QED) is 0.747. The van der Waals surface area contributed by atoms with Crippen LogP contribution in [0, 0.1) is 6.92 Å². The van der Waals surface area contributed by atoms with Crippen molar-refractivity contribution in [2.45, 2.75) is 52.7 Å². The highest BCUT2D eigenvalue weighted by atomic mass is 16.3.